The quantitative estimate of drug-likeness (QED) is 0.583. The van der Waals surface area contributed by atoms with Crippen molar-refractivity contribution in [3.63, 3.8) is 0 Å². The van der Waals surface area contributed by atoms with Gasteiger partial charge in [-0.3, -0.25) is 0 Å². The molecule has 0 aromatic rings. The Balaban J connectivity index is 4.07. The molecule has 0 fully saturated rings. The Bertz CT molecular complexity index is 156. The van der Waals surface area contributed by atoms with Crippen LogP contribution in [-0.4, -0.2) is 29.7 Å². The monoisotopic (exact) mass is 210 g/mol. The van der Waals surface area contributed by atoms with E-state index in [9.17, 15) is 13.9 Å². The number of aliphatic hydroxyl groups is 1. The summed E-state index contributed by atoms with van der Waals surface area (Å²) in [4.78, 5) is 0. The number of hydrogen-bond acceptors (Lipinski definition) is 3. The van der Waals surface area contributed by atoms with E-state index in [1.54, 1.807) is 6.92 Å². The van der Waals surface area contributed by atoms with Gasteiger partial charge in [0.25, 0.3) is 5.92 Å². The average Bonchev–Trinajstić information content (AvgIpc) is 2.12. The van der Waals surface area contributed by atoms with Gasteiger partial charge in [-0.25, -0.2) is 8.78 Å². The first-order valence-corrected chi connectivity index (χ1v) is 4.97. The van der Waals surface area contributed by atoms with Gasteiger partial charge in [0.2, 0.25) is 0 Å². The molecule has 5 N–H and O–H groups in total. The molecule has 0 aliphatic rings. The van der Waals surface area contributed by atoms with Crippen molar-refractivity contribution in [1.29, 1.82) is 0 Å². The van der Waals surface area contributed by atoms with Crippen LogP contribution in [0.1, 0.15) is 32.6 Å². The Morgan fingerprint density at radius 2 is 2.00 bits per heavy atom. The van der Waals surface area contributed by atoms with Crippen LogP contribution < -0.4 is 11.5 Å². The fraction of sp³-hybridized carbons (Fsp3) is 1.00. The van der Waals surface area contributed by atoms with Crippen molar-refractivity contribution in [3.8, 4) is 0 Å². The molecule has 0 heterocycles. The molecule has 14 heavy (non-hydrogen) atoms. The molecule has 0 amide bonds. The van der Waals surface area contributed by atoms with Gasteiger partial charge in [0.15, 0.2) is 0 Å². The van der Waals surface area contributed by atoms with E-state index >= 15 is 0 Å². The van der Waals surface area contributed by atoms with Crippen molar-refractivity contribution in [1.82, 2.24) is 0 Å². The fourth-order valence-electron chi connectivity index (χ4n) is 1.31. The van der Waals surface area contributed by atoms with Crippen LogP contribution in [0.5, 0.6) is 0 Å². The van der Waals surface area contributed by atoms with Crippen molar-refractivity contribution in [3.05, 3.63) is 0 Å². The first kappa shape index (κ1) is 13.7. The Morgan fingerprint density at radius 1 is 1.43 bits per heavy atom. The summed E-state index contributed by atoms with van der Waals surface area (Å²) < 4.78 is 26.3. The largest absolute Gasteiger partial charge is 0.385 e. The highest BCUT2D eigenvalue weighted by Gasteiger charge is 2.40. The standard InChI is InChI=1S/C9H20F2N2O/c1-2-5-9(10,11)8(14)7(13)4-3-6-12/h7-8,14H,2-6,12-13H2,1H3/t7-,8?/m0/s1. The summed E-state index contributed by atoms with van der Waals surface area (Å²) in [6.07, 6.45) is -0.871. The Morgan fingerprint density at radius 3 is 2.43 bits per heavy atom. The zero-order valence-corrected chi connectivity index (χ0v) is 8.55. The highest BCUT2D eigenvalue weighted by atomic mass is 19.3. The van der Waals surface area contributed by atoms with E-state index in [1.807, 2.05) is 0 Å². The van der Waals surface area contributed by atoms with E-state index in [0.29, 0.717) is 25.8 Å². The molecule has 2 atom stereocenters. The summed E-state index contributed by atoms with van der Waals surface area (Å²) in [5.41, 5.74) is 10.7. The minimum Gasteiger partial charge on any atom is -0.385 e. The Labute approximate surface area is 83.5 Å². The maximum atomic E-state index is 13.1. The molecule has 0 spiro atoms. The smallest absolute Gasteiger partial charge is 0.274 e. The molecule has 0 bridgehead atoms. The lowest BCUT2D eigenvalue weighted by atomic mass is 9.98. The number of nitrogens with two attached hydrogens (primary N) is 2. The minimum atomic E-state index is -3.08. The summed E-state index contributed by atoms with van der Waals surface area (Å²) in [5.74, 6) is -3.08. The fourth-order valence-corrected chi connectivity index (χ4v) is 1.31. The van der Waals surface area contributed by atoms with Crippen LogP contribution in [0.3, 0.4) is 0 Å². The number of aliphatic hydroxyl groups excluding tert-OH is 1. The van der Waals surface area contributed by atoms with Gasteiger partial charge in [-0.2, -0.15) is 0 Å². The van der Waals surface area contributed by atoms with Gasteiger partial charge in [0, 0.05) is 12.5 Å². The molecule has 86 valence electrons. The number of hydrogen-bond donors (Lipinski definition) is 3. The van der Waals surface area contributed by atoms with E-state index in [4.69, 9.17) is 11.5 Å². The molecule has 3 nitrogen and oxygen atoms in total. The van der Waals surface area contributed by atoms with Gasteiger partial charge in [-0.05, 0) is 19.4 Å². The molecular weight excluding hydrogens is 190 g/mol. The maximum Gasteiger partial charge on any atom is 0.274 e. The first-order valence-electron chi connectivity index (χ1n) is 4.97. The van der Waals surface area contributed by atoms with Crippen molar-refractivity contribution in [2.45, 2.75) is 50.7 Å². The SMILES string of the molecule is CCCC(F)(F)C(O)[C@@H](N)CCCN. The zero-order chi connectivity index (χ0) is 11.2. The van der Waals surface area contributed by atoms with Crippen LogP contribution in [0.15, 0.2) is 0 Å². The molecule has 0 rings (SSSR count). The van der Waals surface area contributed by atoms with Crippen LogP contribution in [0.25, 0.3) is 0 Å². The molecule has 5 heteroatoms. The third-order valence-corrected chi connectivity index (χ3v) is 2.16. The van der Waals surface area contributed by atoms with E-state index in [-0.39, 0.29) is 6.42 Å². The molecule has 0 saturated heterocycles. The lowest BCUT2D eigenvalue weighted by Gasteiger charge is -2.26. The molecule has 1 unspecified atom stereocenters. The Hall–Kier alpha value is -0.260. The topological polar surface area (TPSA) is 72.3 Å². The van der Waals surface area contributed by atoms with Crippen molar-refractivity contribution >= 4 is 0 Å². The summed E-state index contributed by atoms with van der Waals surface area (Å²) in [7, 11) is 0. The van der Waals surface area contributed by atoms with Crippen molar-refractivity contribution < 1.29 is 13.9 Å². The predicted molar refractivity (Wildman–Crippen MR) is 52.1 cm³/mol. The van der Waals surface area contributed by atoms with Crippen LogP contribution in [-0.2, 0) is 0 Å². The zero-order valence-electron chi connectivity index (χ0n) is 8.55. The van der Waals surface area contributed by atoms with Gasteiger partial charge in [0.1, 0.15) is 6.10 Å². The second-order valence-electron chi connectivity index (χ2n) is 3.55. The molecule has 0 radical (unpaired) electrons. The molecule has 0 saturated carbocycles. The van der Waals surface area contributed by atoms with Gasteiger partial charge >= 0.3 is 0 Å². The molecule has 0 aromatic carbocycles. The first-order chi connectivity index (χ1) is 6.45. The second-order valence-corrected chi connectivity index (χ2v) is 3.55. The van der Waals surface area contributed by atoms with E-state index in [1.165, 1.54) is 0 Å². The van der Waals surface area contributed by atoms with Gasteiger partial charge in [-0.15, -0.1) is 0 Å². The van der Waals surface area contributed by atoms with E-state index in [0.717, 1.165) is 0 Å². The van der Waals surface area contributed by atoms with Gasteiger partial charge in [0.05, 0.1) is 0 Å². The van der Waals surface area contributed by atoms with Crippen molar-refractivity contribution in [2.75, 3.05) is 6.54 Å². The highest BCUT2D eigenvalue weighted by Crippen LogP contribution is 2.27. The summed E-state index contributed by atoms with van der Waals surface area (Å²) in [6.45, 7) is 2.05. The van der Waals surface area contributed by atoms with Crippen LogP contribution >= 0.6 is 0 Å². The van der Waals surface area contributed by atoms with Crippen molar-refractivity contribution in [2.24, 2.45) is 11.5 Å². The number of rotatable bonds is 7. The van der Waals surface area contributed by atoms with Crippen LogP contribution in [0.2, 0.25) is 0 Å². The summed E-state index contributed by atoms with van der Waals surface area (Å²) in [6, 6.07) is -0.889. The van der Waals surface area contributed by atoms with Gasteiger partial charge < -0.3 is 16.6 Å². The maximum absolute atomic E-state index is 13.1. The lowest BCUT2D eigenvalue weighted by molar-refractivity contribution is -0.123. The minimum absolute atomic E-state index is 0.327. The molecule has 0 aliphatic carbocycles. The van der Waals surface area contributed by atoms with Crippen LogP contribution in [0.4, 0.5) is 8.78 Å². The second kappa shape index (κ2) is 6.27. The summed E-state index contributed by atoms with van der Waals surface area (Å²) >= 11 is 0. The predicted octanol–water partition coefficient (Wildman–Crippen LogP) is 0.849. The van der Waals surface area contributed by atoms with E-state index < -0.39 is 18.1 Å². The van der Waals surface area contributed by atoms with Crippen LogP contribution in [0, 0.1) is 0 Å². The summed E-state index contributed by atoms with van der Waals surface area (Å²) in [5, 5.41) is 9.29. The third kappa shape index (κ3) is 4.30. The average molecular weight is 210 g/mol. The normalized spacial score (nSPS) is 16.7. The molecular formula is C9H20F2N2O. The molecule has 0 aromatic heterocycles. The number of halogens is 2. The lowest BCUT2D eigenvalue weighted by Crippen LogP contribution is -2.47. The third-order valence-electron chi connectivity index (χ3n) is 2.16. The Kier molecular flexibility index (Phi) is 6.15. The van der Waals surface area contributed by atoms with E-state index in [2.05, 4.69) is 0 Å². The number of alkyl halides is 2. The molecule has 0 aliphatic heterocycles. The highest BCUT2D eigenvalue weighted by molar-refractivity contribution is 4.84. The van der Waals surface area contributed by atoms with Gasteiger partial charge in [-0.1, -0.05) is 13.3 Å².